The molecule has 19 heavy (non-hydrogen) atoms. The summed E-state index contributed by atoms with van der Waals surface area (Å²) in [6.07, 6.45) is 1.63. The number of carbonyl (C=O) groups excluding carboxylic acids is 2. The first kappa shape index (κ1) is 15.0. The van der Waals surface area contributed by atoms with Gasteiger partial charge in [0.05, 0.1) is 6.20 Å². The quantitative estimate of drug-likeness (QED) is 0.716. The number of aromatic nitrogens is 2. The molecule has 7 heteroatoms. The lowest BCUT2D eigenvalue weighted by Crippen LogP contribution is -2.42. The van der Waals surface area contributed by atoms with E-state index in [1.165, 1.54) is 10.9 Å². The van der Waals surface area contributed by atoms with Crippen LogP contribution in [0.3, 0.4) is 0 Å². The number of carbonyl (C=O) groups is 2. The van der Waals surface area contributed by atoms with Gasteiger partial charge in [-0.05, 0) is 20.8 Å². The molecule has 4 N–H and O–H groups in total. The number of anilines is 1. The minimum absolute atomic E-state index is 0.105. The van der Waals surface area contributed by atoms with Crippen molar-refractivity contribution >= 4 is 17.6 Å². The summed E-state index contributed by atoms with van der Waals surface area (Å²) in [5.41, 5.74) is 5.73. The van der Waals surface area contributed by atoms with E-state index >= 15 is 0 Å². The van der Waals surface area contributed by atoms with Crippen LogP contribution in [0.4, 0.5) is 5.82 Å². The SMILES string of the molecule is Cn1ncc(C(=O)NCCC(=O)NC(C)(C)C)c1N. The average Bonchev–Trinajstić information content (AvgIpc) is 2.57. The first-order chi connectivity index (χ1) is 8.70. The first-order valence-electron chi connectivity index (χ1n) is 6.07. The monoisotopic (exact) mass is 267 g/mol. The van der Waals surface area contributed by atoms with Gasteiger partial charge in [-0.2, -0.15) is 5.10 Å². The molecule has 106 valence electrons. The second-order valence-electron chi connectivity index (χ2n) is 5.37. The van der Waals surface area contributed by atoms with E-state index < -0.39 is 0 Å². The molecule has 0 aliphatic rings. The summed E-state index contributed by atoms with van der Waals surface area (Å²) in [5, 5.41) is 9.33. The molecule has 0 radical (unpaired) electrons. The van der Waals surface area contributed by atoms with Crippen molar-refractivity contribution in [1.29, 1.82) is 0 Å². The average molecular weight is 267 g/mol. The van der Waals surface area contributed by atoms with Crippen LogP contribution in [0.1, 0.15) is 37.6 Å². The highest BCUT2D eigenvalue weighted by Crippen LogP contribution is 2.08. The summed E-state index contributed by atoms with van der Waals surface area (Å²) in [4.78, 5) is 23.3. The molecule has 0 saturated heterocycles. The molecular formula is C12H21N5O2. The first-order valence-corrected chi connectivity index (χ1v) is 6.07. The van der Waals surface area contributed by atoms with Crippen LogP contribution in [-0.2, 0) is 11.8 Å². The van der Waals surface area contributed by atoms with Crippen molar-refractivity contribution in [3.8, 4) is 0 Å². The van der Waals surface area contributed by atoms with Crippen LogP contribution in [0.25, 0.3) is 0 Å². The highest BCUT2D eigenvalue weighted by atomic mass is 16.2. The number of amides is 2. The van der Waals surface area contributed by atoms with Gasteiger partial charge in [-0.15, -0.1) is 0 Å². The minimum Gasteiger partial charge on any atom is -0.383 e. The van der Waals surface area contributed by atoms with Gasteiger partial charge in [0.2, 0.25) is 5.91 Å². The minimum atomic E-state index is -0.325. The number of aryl methyl sites for hydroxylation is 1. The maximum atomic E-state index is 11.8. The fourth-order valence-corrected chi connectivity index (χ4v) is 1.49. The van der Waals surface area contributed by atoms with E-state index in [0.717, 1.165) is 0 Å². The zero-order chi connectivity index (χ0) is 14.6. The summed E-state index contributed by atoms with van der Waals surface area (Å²) in [6.45, 7) is 5.97. The van der Waals surface area contributed by atoms with Crippen molar-refractivity contribution in [3.63, 3.8) is 0 Å². The number of nitrogens with one attached hydrogen (secondary N) is 2. The fourth-order valence-electron chi connectivity index (χ4n) is 1.49. The highest BCUT2D eigenvalue weighted by Gasteiger charge is 2.15. The standard InChI is InChI=1S/C12H21N5O2/c1-12(2,3)16-9(18)5-6-14-11(19)8-7-15-17(4)10(8)13/h7H,5-6,13H2,1-4H3,(H,14,19)(H,16,18). The van der Waals surface area contributed by atoms with Gasteiger partial charge in [-0.25, -0.2) is 0 Å². The molecule has 0 atom stereocenters. The van der Waals surface area contributed by atoms with E-state index in [-0.39, 0.29) is 30.3 Å². The van der Waals surface area contributed by atoms with Crippen molar-refractivity contribution in [3.05, 3.63) is 11.8 Å². The zero-order valence-corrected chi connectivity index (χ0v) is 11.8. The molecule has 1 rings (SSSR count). The van der Waals surface area contributed by atoms with Gasteiger partial charge in [0.15, 0.2) is 0 Å². The largest absolute Gasteiger partial charge is 0.383 e. The van der Waals surface area contributed by atoms with E-state index in [4.69, 9.17) is 5.73 Å². The van der Waals surface area contributed by atoms with Crippen molar-refractivity contribution in [1.82, 2.24) is 20.4 Å². The number of hydrogen-bond acceptors (Lipinski definition) is 4. The summed E-state index contributed by atoms with van der Waals surface area (Å²) in [7, 11) is 1.66. The van der Waals surface area contributed by atoms with Gasteiger partial charge in [0.25, 0.3) is 5.91 Å². The normalized spacial score (nSPS) is 11.2. The predicted octanol–water partition coefficient (Wildman–Crippen LogP) is 0.0369. The molecule has 1 aromatic rings. The maximum Gasteiger partial charge on any atom is 0.256 e. The van der Waals surface area contributed by atoms with Gasteiger partial charge in [-0.1, -0.05) is 0 Å². The highest BCUT2D eigenvalue weighted by molar-refractivity contribution is 5.98. The molecule has 2 amide bonds. The Balaban J connectivity index is 2.40. The Labute approximate surface area is 112 Å². The topological polar surface area (TPSA) is 102 Å². The van der Waals surface area contributed by atoms with Gasteiger partial charge < -0.3 is 16.4 Å². The lowest BCUT2D eigenvalue weighted by atomic mass is 10.1. The van der Waals surface area contributed by atoms with E-state index in [9.17, 15) is 9.59 Å². The Hall–Kier alpha value is -2.05. The van der Waals surface area contributed by atoms with Gasteiger partial charge in [0.1, 0.15) is 11.4 Å². The lowest BCUT2D eigenvalue weighted by Gasteiger charge is -2.20. The summed E-state index contributed by atoms with van der Waals surface area (Å²) in [6, 6.07) is 0. The Bertz CT molecular complexity index is 473. The maximum absolute atomic E-state index is 11.8. The second kappa shape index (κ2) is 5.73. The second-order valence-corrected chi connectivity index (χ2v) is 5.37. The van der Waals surface area contributed by atoms with Crippen molar-refractivity contribution in [2.45, 2.75) is 32.7 Å². The van der Waals surface area contributed by atoms with Gasteiger partial charge in [-0.3, -0.25) is 14.3 Å². The molecule has 0 bridgehead atoms. The van der Waals surface area contributed by atoms with Gasteiger partial charge >= 0.3 is 0 Å². The number of hydrogen-bond donors (Lipinski definition) is 3. The number of nitrogens with zero attached hydrogens (tertiary/aromatic N) is 2. The molecule has 0 fully saturated rings. The molecule has 0 unspecified atom stereocenters. The molecule has 0 saturated carbocycles. The molecule has 0 aliphatic heterocycles. The van der Waals surface area contributed by atoms with Crippen LogP contribution in [0.15, 0.2) is 6.20 Å². The Kier molecular flexibility index (Phi) is 4.52. The van der Waals surface area contributed by atoms with E-state index in [2.05, 4.69) is 15.7 Å². The third-order valence-corrected chi connectivity index (χ3v) is 2.38. The predicted molar refractivity (Wildman–Crippen MR) is 72.5 cm³/mol. The summed E-state index contributed by atoms with van der Waals surface area (Å²) >= 11 is 0. The molecular weight excluding hydrogens is 246 g/mol. The van der Waals surface area contributed by atoms with Gasteiger partial charge in [0, 0.05) is 25.6 Å². The van der Waals surface area contributed by atoms with E-state index in [1.807, 2.05) is 20.8 Å². The van der Waals surface area contributed by atoms with Crippen LogP contribution < -0.4 is 16.4 Å². The molecule has 1 heterocycles. The summed E-state index contributed by atoms with van der Waals surface area (Å²) in [5.74, 6) is -0.127. The third-order valence-electron chi connectivity index (χ3n) is 2.38. The van der Waals surface area contributed by atoms with E-state index in [1.54, 1.807) is 7.05 Å². The van der Waals surface area contributed by atoms with Crippen LogP contribution in [-0.4, -0.2) is 33.7 Å². The van der Waals surface area contributed by atoms with Crippen molar-refractivity contribution < 1.29 is 9.59 Å². The van der Waals surface area contributed by atoms with Crippen molar-refractivity contribution in [2.24, 2.45) is 7.05 Å². The molecule has 0 spiro atoms. The Morgan fingerprint density at radius 1 is 1.42 bits per heavy atom. The van der Waals surface area contributed by atoms with Crippen LogP contribution >= 0.6 is 0 Å². The molecule has 7 nitrogen and oxygen atoms in total. The van der Waals surface area contributed by atoms with Crippen LogP contribution in [0.5, 0.6) is 0 Å². The van der Waals surface area contributed by atoms with Crippen molar-refractivity contribution in [2.75, 3.05) is 12.3 Å². The number of nitrogen functional groups attached to an aromatic ring is 1. The fraction of sp³-hybridized carbons (Fsp3) is 0.583. The molecule has 1 aromatic heterocycles. The third kappa shape index (κ3) is 4.61. The van der Waals surface area contributed by atoms with Crippen LogP contribution in [0, 0.1) is 0 Å². The number of rotatable bonds is 4. The van der Waals surface area contributed by atoms with Crippen LogP contribution in [0.2, 0.25) is 0 Å². The number of nitrogens with two attached hydrogens (primary N) is 1. The Morgan fingerprint density at radius 2 is 2.05 bits per heavy atom. The van der Waals surface area contributed by atoms with E-state index in [0.29, 0.717) is 11.4 Å². The smallest absolute Gasteiger partial charge is 0.256 e. The lowest BCUT2D eigenvalue weighted by molar-refractivity contribution is -0.122. The molecule has 0 aliphatic carbocycles. The Morgan fingerprint density at radius 3 is 2.53 bits per heavy atom. The summed E-state index contributed by atoms with van der Waals surface area (Å²) < 4.78 is 1.42. The zero-order valence-electron chi connectivity index (χ0n) is 11.8. The molecule has 0 aromatic carbocycles.